The van der Waals surface area contributed by atoms with Crippen LogP contribution in [0.2, 0.25) is 0 Å². The Morgan fingerprint density at radius 2 is 1.85 bits per heavy atom. The predicted molar refractivity (Wildman–Crippen MR) is 103 cm³/mol. The molecule has 0 aliphatic rings. The van der Waals surface area contributed by atoms with Crippen LogP contribution < -0.4 is 5.32 Å². The molecule has 0 saturated carbocycles. The molecule has 27 heavy (non-hydrogen) atoms. The van der Waals surface area contributed by atoms with E-state index in [1.165, 1.54) is 12.1 Å². The standard InChI is InChI=1S/C21H23FN2O3/c1-24-19-11-15(14-6-8-17(22)9-7-14)4-5-16(19)12-20(24)21(27)23-13-18(26)3-2-10-25/h4-9,11-12,18,25-26H,2-3,10,13H2,1H3,(H,23,27). The van der Waals surface area contributed by atoms with Crippen LogP contribution in [0.15, 0.2) is 48.5 Å². The Kier molecular flexibility index (Phi) is 5.88. The highest BCUT2D eigenvalue weighted by Crippen LogP contribution is 2.26. The minimum atomic E-state index is -0.680. The topological polar surface area (TPSA) is 74.5 Å². The van der Waals surface area contributed by atoms with Gasteiger partial charge in [-0.1, -0.05) is 24.3 Å². The van der Waals surface area contributed by atoms with E-state index in [4.69, 9.17) is 5.11 Å². The number of nitrogens with one attached hydrogen (secondary N) is 1. The number of aryl methyl sites for hydroxylation is 1. The SMILES string of the molecule is Cn1c(C(=O)NCC(O)CCCO)cc2ccc(-c3ccc(F)cc3)cc21. The molecule has 0 fully saturated rings. The van der Waals surface area contributed by atoms with Crippen molar-refractivity contribution >= 4 is 16.8 Å². The van der Waals surface area contributed by atoms with Crippen molar-refractivity contribution in [3.05, 3.63) is 60.0 Å². The number of halogens is 1. The van der Waals surface area contributed by atoms with Crippen molar-refractivity contribution in [2.45, 2.75) is 18.9 Å². The summed E-state index contributed by atoms with van der Waals surface area (Å²) in [5.41, 5.74) is 3.23. The van der Waals surface area contributed by atoms with Gasteiger partial charge in [-0.15, -0.1) is 0 Å². The summed E-state index contributed by atoms with van der Waals surface area (Å²) < 4.78 is 14.9. The zero-order valence-corrected chi connectivity index (χ0v) is 15.2. The molecule has 0 spiro atoms. The quantitative estimate of drug-likeness (QED) is 0.599. The van der Waals surface area contributed by atoms with E-state index in [9.17, 15) is 14.3 Å². The Labute approximate surface area is 157 Å². The molecule has 1 amide bonds. The summed E-state index contributed by atoms with van der Waals surface area (Å²) in [6, 6.07) is 13.9. The summed E-state index contributed by atoms with van der Waals surface area (Å²) in [6.07, 6.45) is 0.255. The Balaban J connectivity index is 1.80. The molecule has 1 atom stereocenters. The van der Waals surface area contributed by atoms with Gasteiger partial charge in [-0.2, -0.15) is 0 Å². The van der Waals surface area contributed by atoms with Gasteiger partial charge in [0.25, 0.3) is 5.91 Å². The van der Waals surface area contributed by atoms with Gasteiger partial charge in [0.05, 0.1) is 6.10 Å². The van der Waals surface area contributed by atoms with Gasteiger partial charge >= 0.3 is 0 Å². The molecule has 2 aromatic carbocycles. The number of aliphatic hydroxyl groups is 2. The van der Waals surface area contributed by atoms with Gasteiger partial charge in [-0.3, -0.25) is 4.79 Å². The second-order valence-electron chi connectivity index (χ2n) is 6.60. The second-order valence-corrected chi connectivity index (χ2v) is 6.60. The lowest BCUT2D eigenvalue weighted by Crippen LogP contribution is -2.33. The van der Waals surface area contributed by atoms with Crippen molar-refractivity contribution in [3.63, 3.8) is 0 Å². The maximum atomic E-state index is 13.1. The normalized spacial score (nSPS) is 12.3. The van der Waals surface area contributed by atoms with Crippen LogP contribution >= 0.6 is 0 Å². The number of carbonyl (C=O) groups is 1. The summed E-state index contributed by atoms with van der Waals surface area (Å²) in [5.74, 6) is -0.543. The Hall–Kier alpha value is -2.70. The molecule has 0 saturated heterocycles. The first kappa shape index (κ1) is 19.1. The first-order valence-corrected chi connectivity index (χ1v) is 8.92. The minimum absolute atomic E-state index is 0.0184. The minimum Gasteiger partial charge on any atom is -0.396 e. The van der Waals surface area contributed by atoms with Crippen molar-refractivity contribution < 1.29 is 19.4 Å². The molecule has 0 bridgehead atoms. The third-order valence-electron chi connectivity index (χ3n) is 4.65. The van der Waals surface area contributed by atoms with Crippen LogP contribution in [-0.2, 0) is 7.05 Å². The lowest BCUT2D eigenvalue weighted by Gasteiger charge is -2.11. The fraction of sp³-hybridized carbons (Fsp3) is 0.286. The lowest BCUT2D eigenvalue weighted by molar-refractivity contribution is 0.0897. The number of aliphatic hydroxyl groups excluding tert-OH is 2. The number of rotatable bonds is 7. The summed E-state index contributed by atoms with van der Waals surface area (Å²) >= 11 is 0. The van der Waals surface area contributed by atoms with Crippen molar-refractivity contribution in [1.29, 1.82) is 0 Å². The first-order valence-electron chi connectivity index (χ1n) is 8.92. The summed E-state index contributed by atoms with van der Waals surface area (Å²) in [7, 11) is 1.81. The molecular formula is C21H23FN2O3. The van der Waals surface area contributed by atoms with Crippen LogP contribution in [0.4, 0.5) is 4.39 Å². The van der Waals surface area contributed by atoms with Gasteiger partial charge in [-0.25, -0.2) is 4.39 Å². The van der Waals surface area contributed by atoms with E-state index in [0.717, 1.165) is 22.0 Å². The fourth-order valence-corrected chi connectivity index (χ4v) is 3.10. The zero-order chi connectivity index (χ0) is 19.4. The van der Waals surface area contributed by atoms with Crippen LogP contribution in [-0.4, -0.2) is 39.9 Å². The van der Waals surface area contributed by atoms with Gasteiger partial charge in [0.15, 0.2) is 0 Å². The summed E-state index contributed by atoms with van der Waals surface area (Å²) in [4.78, 5) is 12.5. The van der Waals surface area contributed by atoms with Gasteiger partial charge in [0.1, 0.15) is 11.5 Å². The zero-order valence-electron chi connectivity index (χ0n) is 15.2. The third kappa shape index (κ3) is 4.35. The van der Waals surface area contributed by atoms with E-state index >= 15 is 0 Å². The molecule has 3 aromatic rings. The predicted octanol–water partition coefficient (Wildman–Crippen LogP) is 2.85. The van der Waals surface area contributed by atoms with E-state index in [1.54, 1.807) is 22.8 Å². The van der Waals surface area contributed by atoms with Crippen LogP contribution in [0.25, 0.3) is 22.0 Å². The highest BCUT2D eigenvalue weighted by atomic mass is 19.1. The highest BCUT2D eigenvalue weighted by molar-refractivity contribution is 5.99. The molecule has 0 aliphatic heterocycles. The van der Waals surface area contributed by atoms with Gasteiger partial charge in [0.2, 0.25) is 0 Å². The summed E-state index contributed by atoms with van der Waals surface area (Å²) in [6.45, 7) is 0.159. The van der Waals surface area contributed by atoms with Crippen LogP contribution in [0.3, 0.4) is 0 Å². The van der Waals surface area contributed by atoms with Crippen molar-refractivity contribution in [1.82, 2.24) is 9.88 Å². The largest absolute Gasteiger partial charge is 0.396 e. The molecule has 5 nitrogen and oxygen atoms in total. The molecule has 1 heterocycles. The number of carbonyl (C=O) groups excluding carboxylic acids is 1. The van der Waals surface area contributed by atoms with E-state index in [-0.39, 0.29) is 24.9 Å². The van der Waals surface area contributed by atoms with Crippen molar-refractivity contribution in [2.75, 3.05) is 13.2 Å². The maximum absolute atomic E-state index is 13.1. The smallest absolute Gasteiger partial charge is 0.268 e. The number of hydrogen-bond acceptors (Lipinski definition) is 3. The lowest BCUT2D eigenvalue weighted by atomic mass is 10.0. The van der Waals surface area contributed by atoms with Gasteiger partial charge in [0, 0.05) is 31.1 Å². The van der Waals surface area contributed by atoms with Crippen LogP contribution in [0.1, 0.15) is 23.3 Å². The number of nitrogens with zero attached hydrogens (tertiary/aromatic N) is 1. The molecule has 0 radical (unpaired) electrons. The molecule has 1 unspecified atom stereocenters. The monoisotopic (exact) mass is 370 g/mol. The third-order valence-corrected chi connectivity index (χ3v) is 4.65. The number of hydrogen-bond donors (Lipinski definition) is 3. The number of fused-ring (bicyclic) bond motifs is 1. The Bertz CT molecular complexity index is 934. The molecule has 3 rings (SSSR count). The van der Waals surface area contributed by atoms with E-state index < -0.39 is 6.10 Å². The molecule has 0 aliphatic carbocycles. The summed E-state index contributed by atoms with van der Waals surface area (Å²) in [5, 5.41) is 22.2. The molecular weight excluding hydrogens is 347 g/mol. The molecule has 1 aromatic heterocycles. The van der Waals surface area contributed by atoms with Crippen molar-refractivity contribution in [3.8, 4) is 11.1 Å². The number of aromatic nitrogens is 1. The van der Waals surface area contributed by atoms with E-state index in [0.29, 0.717) is 18.5 Å². The molecule has 6 heteroatoms. The van der Waals surface area contributed by atoms with Gasteiger partial charge in [-0.05, 0) is 48.2 Å². The molecule has 142 valence electrons. The number of benzene rings is 2. The average Bonchev–Trinajstić information content (AvgIpc) is 3.01. The molecule has 3 N–H and O–H groups in total. The highest BCUT2D eigenvalue weighted by Gasteiger charge is 2.15. The van der Waals surface area contributed by atoms with E-state index in [2.05, 4.69) is 5.32 Å². The Morgan fingerprint density at radius 1 is 1.15 bits per heavy atom. The van der Waals surface area contributed by atoms with Crippen molar-refractivity contribution in [2.24, 2.45) is 7.05 Å². The van der Waals surface area contributed by atoms with Gasteiger partial charge < -0.3 is 20.1 Å². The average molecular weight is 370 g/mol. The van der Waals surface area contributed by atoms with E-state index in [1.807, 2.05) is 25.2 Å². The fourth-order valence-electron chi connectivity index (χ4n) is 3.10. The van der Waals surface area contributed by atoms with Crippen LogP contribution in [0.5, 0.6) is 0 Å². The second kappa shape index (κ2) is 8.33. The number of amides is 1. The van der Waals surface area contributed by atoms with Crippen LogP contribution in [0, 0.1) is 5.82 Å². The maximum Gasteiger partial charge on any atom is 0.268 e. The first-order chi connectivity index (χ1) is 13.0. The Morgan fingerprint density at radius 3 is 2.56 bits per heavy atom.